The van der Waals surface area contributed by atoms with Crippen molar-refractivity contribution in [2.24, 2.45) is 0 Å². The van der Waals surface area contributed by atoms with E-state index in [4.69, 9.17) is 4.74 Å². The summed E-state index contributed by atoms with van der Waals surface area (Å²) in [5.74, 6) is -0.890. The highest BCUT2D eigenvalue weighted by Crippen LogP contribution is 2.39. The molecule has 3 heterocycles. The SMILES string of the molecule is O=C(O)N1CCC2(CC1)C(=O)N(CC(=O)N1CCOC(C(F)(F)F)C1)CN2c1ccccc1. The quantitative estimate of drug-likeness (QED) is 0.722. The van der Waals surface area contributed by atoms with Gasteiger partial charge in [-0.1, -0.05) is 18.2 Å². The molecule has 3 aliphatic heterocycles. The van der Waals surface area contributed by atoms with Crippen LogP contribution in [0.25, 0.3) is 0 Å². The van der Waals surface area contributed by atoms with E-state index in [1.54, 1.807) is 0 Å². The zero-order valence-corrected chi connectivity index (χ0v) is 17.8. The molecule has 0 bridgehead atoms. The van der Waals surface area contributed by atoms with Gasteiger partial charge in [0.05, 0.1) is 19.8 Å². The first-order valence-electron chi connectivity index (χ1n) is 10.7. The van der Waals surface area contributed by atoms with E-state index in [2.05, 4.69) is 0 Å². The molecule has 0 aromatic heterocycles. The normalized spacial score (nSPS) is 23.4. The second kappa shape index (κ2) is 8.73. The Kier molecular flexibility index (Phi) is 6.12. The van der Waals surface area contributed by atoms with E-state index >= 15 is 0 Å². The van der Waals surface area contributed by atoms with Gasteiger partial charge in [0.25, 0.3) is 5.91 Å². The highest BCUT2D eigenvalue weighted by molar-refractivity contribution is 5.96. The molecule has 1 spiro atoms. The lowest BCUT2D eigenvalue weighted by Crippen LogP contribution is -2.57. The first-order chi connectivity index (χ1) is 15.6. The van der Waals surface area contributed by atoms with Gasteiger partial charge >= 0.3 is 12.3 Å². The summed E-state index contributed by atoms with van der Waals surface area (Å²) in [7, 11) is 0. The Morgan fingerprint density at radius 1 is 1.09 bits per heavy atom. The summed E-state index contributed by atoms with van der Waals surface area (Å²) in [5, 5.41) is 9.29. The monoisotopic (exact) mass is 470 g/mol. The van der Waals surface area contributed by atoms with Gasteiger partial charge in [-0.25, -0.2) is 4.79 Å². The van der Waals surface area contributed by atoms with E-state index < -0.39 is 36.4 Å². The molecule has 3 amide bonds. The molecular weight excluding hydrogens is 445 g/mol. The maximum atomic E-state index is 13.5. The van der Waals surface area contributed by atoms with Crippen LogP contribution in [0.4, 0.5) is 23.7 Å². The molecule has 1 N–H and O–H groups in total. The number of nitrogens with zero attached hydrogens (tertiary/aromatic N) is 4. The molecule has 0 radical (unpaired) electrons. The molecule has 9 nitrogen and oxygen atoms in total. The number of hydrogen-bond donors (Lipinski definition) is 1. The number of morpholine rings is 1. The van der Waals surface area contributed by atoms with E-state index in [1.807, 2.05) is 35.2 Å². The Labute approximate surface area is 188 Å². The molecule has 180 valence electrons. The van der Waals surface area contributed by atoms with Gasteiger partial charge in [0.2, 0.25) is 5.91 Å². The number of benzene rings is 1. The number of likely N-dealkylation sites (tertiary alicyclic amines) is 1. The van der Waals surface area contributed by atoms with Crippen LogP contribution < -0.4 is 4.90 Å². The predicted molar refractivity (Wildman–Crippen MR) is 109 cm³/mol. The summed E-state index contributed by atoms with van der Waals surface area (Å²) in [4.78, 5) is 43.3. The number of halogens is 3. The van der Waals surface area contributed by atoms with Crippen LogP contribution in [-0.4, -0.2) is 102 Å². The molecule has 3 saturated heterocycles. The molecule has 12 heteroatoms. The molecule has 3 fully saturated rings. The van der Waals surface area contributed by atoms with Gasteiger partial charge in [0.15, 0.2) is 6.10 Å². The molecule has 1 aromatic carbocycles. The number of carboxylic acid groups (broad SMARTS) is 1. The zero-order valence-electron chi connectivity index (χ0n) is 17.8. The fraction of sp³-hybridized carbons (Fsp3) is 0.571. The number of ether oxygens (including phenoxy) is 1. The van der Waals surface area contributed by atoms with Crippen LogP contribution in [0.3, 0.4) is 0 Å². The number of rotatable bonds is 3. The lowest BCUT2D eigenvalue weighted by molar-refractivity contribution is -0.236. The second-order valence-corrected chi connectivity index (χ2v) is 8.45. The van der Waals surface area contributed by atoms with Crippen molar-refractivity contribution in [1.29, 1.82) is 0 Å². The minimum Gasteiger partial charge on any atom is -0.465 e. The lowest BCUT2D eigenvalue weighted by atomic mass is 9.85. The molecule has 0 aliphatic carbocycles. The Morgan fingerprint density at radius 2 is 1.76 bits per heavy atom. The van der Waals surface area contributed by atoms with Gasteiger partial charge in [0, 0.05) is 25.3 Å². The highest BCUT2D eigenvalue weighted by atomic mass is 19.4. The van der Waals surface area contributed by atoms with Crippen LogP contribution in [-0.2, 0) is 14.3 Å². The van der Waals surface area contributed by atoms with Crippen molar-refractivity contribution in [3.05, 3.63) is 30.3 Å². The topological polar surface area (TPSA) is 93.6 Å². The fourth-order valence-electron chi connectivity index (χ4n) is 4.73. The van der Waals surface area contributed by atoms with E-state index in [9.17, 15) is 32.7 Å². The smallest absolute Gasteiger partial charge is 0.416 e. The van der Waals surface area contributed by atoms with Crippen LogP contribution in [0, 0.1) is 0 Å². The Bertz CT molecular complexity index is 905. The van der Waals surface area contributed by atoms with Gasteiger partial charge in [-0.3, -0.25) is 9.59 Å². The standard InChI is InChI=1S/C21H25F3N4O5/c22-21(23,24)16-12-26(10-11-33-16)17(29)13-27-14-28(15-4-2-1-3-5-15)20(18(27)30)6-8-25(9-7-20)19(31)32/h1-5,16H,6-14H2,(H,31,32). The molecule has 3 aliphatic rings. The molecule has 0 saturated carbocycles. The van der Waals surface area contributed by atoms with Gasteiger partial charge in [0.1, 0.15) is 12.1 Å². The second-order valence-electron chi connectivity index (χ2n) is 8.45. The maximum Gasteiger partial charge on any atom is 0.416 e. The van der Waals surface area contributed by atoms with Crippen molar-refractivity contribution in [3.8, 4) is 0 Å². The minimum absolute atomic E-state index is 0.0224. The number of anilines is 1. The number of amides is 3. The van der Waals surface area contributed by atoms with Gasteiger partial charge in [-0.15, -0.1) is 0 Å². The Morgan fingerprint density at radius 3 is 2.36 bits per heavy atom. The number of para-hydroxylation sites is 1. The summed E-state index contributed by atoms with van der Waals surface area (Å²) in [5.41, 5.74) is -0.249. The van der Waals surface area contributed by atoms with Gasteiger partial charge in [-0.2, -0.15) is 13.2 Å². The first-order valence-corrected chi connectivity index (χ1v) is 10.7. The van der Waals surface area contributed by atoms with Crippen LogP contribution in [0.1, 0.15) is 12.8 Å². The fourth-order valence-corrected chi connectivity index (χ4v) is 4.73. The number of alkyl halides is 3. The van der Waals surface area contributed by atoms with Crippen LogP contribution in [0.2, 0.25) is 0 Å². The highest BCUT2D eigenvalue weighted by Gasteiger charge is 2.54. The van der Waals surface area contributed by atoms with Crippen molar-refractivity contribution >= 4 is 23.6 Å². The van der Waals surface area contributed by atoms with Gasteiger partial charge < -0.3 is 29.4 Å². The molecule has 1 unspecified atom stereocenters. The van der Waals surface area contributed by atoms with Crippen molar-refractivity contribution in [1.82, 2.24) is 14.7 Å². The van der Waals surface area contributed by atoms with Crippen LogP contribution in [0.15, 0.2) is 30.3 Å². The third-order valence-corrected chi connectivity index (χ3v) is 6.55. The Balaban J connectivity index is 1.52. The molecule has 4 rings (SSSR count). The Hall–Kier alpha value is -3.02. The summed E-state index contributed by atoms with van der Waals surface area (Å²) < 4.78 is 43.8. The maximum absolute atomic E-state index is 13.5. The number of carbonyl (C=O) groups is 3. The first kappa shape index (κ1) is 23.1. The van der Waals surface area contributed by atoms with E-state index in [-0.39, 0.29) is 58.2 Å². The van der Waals surface area contributed by atoms with Crippen LogP contribution >= 0.6 is 0 Å². The molecule has 1 aromatic rings. The number of hydrogen-bond acceptors (Lipinski definition) is 5. The average molecular weight is 470 g/mol. The minimum atomic E-state index is -4.57. The van der Waals surface area contributed by atoms with Gasteiger partial charge in [-0.05, 0) is 25.0 Å². The van der Waals surface area contributed by atoms with E-state index in [1.165, 1.54) is 9.80 Å². The molecule has 33 heavy (non-hydrogen) atoms. The van der Waals surface area contributed by atoms with E-state index in [0.29, 0.717) is 0 Å². The van der Waals surface area contributed by atoms with Crippen molar-refractivity contribution in [3.63, 3.8) is 0 Å². The molecule has 1 atom stereocenters. The third kappa shape index (κ3) is 4.43. The number of carbonyl (C=O) groups excluding carboxylic acids is 2. The zero-order chi connectivity index (χ0) is 23.8. The predicted octanol–water partition coefficient (Wildman–Crippen LogP) is 1.59. The third-order valence-electron chi connectivity index (χ3n) is 6.55. The lowest BCUT2D eigenvalue weighted by Gasteiger charge is -2.42. The summed E-state index contributed by atoms with van der Waals surface area (Å²) in [6.45, 7) is -0.729. The van der Waals surface area contributed by atoms with Crippen molar-refractivity contribution in [2.75, 3.05) is 50.9 Å². The largest absolute Gasteiger partial charge is 0.465 e. The summed E-state index contributed by atoms with van der Waals surface area (Å²) in [6.07, 6.45) is -7.16. The average Bonchev–Trinajstić information content (AvgIpc) is 3.05. The summed E-state index contributed by atoms with van der Waals surface area (Å²) in [6, 6.07) is 9.13. The number of piperidine rings is 1. The van der Waals surface area contributed by atoms with Crippen LogP contribution in [0.5, 0.6) is 0 Å². The summed E-state index contributed by atoms with van der Waals surface area (Å²) >= 11 is 0. The van der Waals surface area contributed by atoms with Crippen molar-refractivity contribution in [2.45, 2.75) is 30.7 Å². The molecular formula is C21H25F3N4O5. The van der Waals surface area contributed by atoms with Crippen molar-refractivity contribution < 1.29 is 37.4 Å². The van der Waals surface area contributed by atoms with E-state index in [0.717, 1.165) is 10.6 Å².